The minimum atomic E-state index is -0.0395. The van der Waals surface area contributed by atoms with Crippen LogP contribution in [0.5, 0.6) is 0 Å². The number of nitrogens with zero attached hydrogens (tertiary/aromatic N) is 2. The number of carbonyl (C=O) groups excluding carboxylic acids is 1. The Hall–Kier alpha value is -2.62. The van der Waals surface area contributed by atoms with Crippen molar-refractivity contribution in [3.05, 3.63) is 71.2 Å². The van der Waals surface area contributed by atoms with Crippen molar-refractivity contribution in [2.45, 2.75) is 53.0 Å². The summed E-state index contributed by atoms with van der Waals surface area (Å²) in [6.45, 7) is 10.5. The molecule has 0 fully saturated rings. The van der Waals surface area contributed by atoms with Crippen LogP contribution in [0.4, 0.5) is 0 Å². The number of imidazole rings is 1. The predicted molar refractivity (Wildman–Crippen MR) is 110 cm³/mol. The Morgan fingerprint density at radius 3 is 2.48 bits per heavy atom. The summed E-state index contributed by atoms with van der Waals surface area (Å²) in [4.78, 5) is 17.4. The molecule has 3 aromatic rings. The molecule has 1 aromatic carbocycles. The molecule has 0 bridgehead atoms. The van der Waals surface area contributed by atoms with Gasteiger partial charge < -0.3 is 9.72 Å². The van der Waals surface area contributed by atoms with E-state index >= 15 is 0 Å². The highest BCUT2D eigenvalue weighted by molar-refractivity contribution is 5.78. The molecule has 0 saturated carbocycles. The topological polar surface area (TPSA) is 46.4 Å². The second-order valence-electron chi connectivity index (χ2n) is 7.78. The van der Waals surface area contributed by atoms with Crippen molar-refractivity contribution in [2.75, 3.05) is 0 Å². The van der Waals surface area contributed by atoms with Crippen LogP contribution in [0.2, 0.25) is 0 Å². The number of aryl methyl sites for hydroxylation is 2. The Labute approximate surface area is 161 Å². The predicted octanol–water partition coefficient (Wildman–Crippen LogP) is 4.63. The molecule has 0 spiro atoms. The molecule has 0 radical (unpaired) electrons. The molecule has 0 aliphatic carbocycles. The molecule has 4 heteroatoms. The van der Waals surface area contributed by atoms with E-state index in [1.165, 1.54) is 11.1 Å². The number of aromatic nitrogens is 2. The molecule has 4 nitrogen and oxygen atoms in total. The molecular weight excluding hydrogens is 334 g/mol. The first-order chi connectivity index (χ1) is 12.9. The summed E-state index contributed by atoms with van der Waals surface area (Å²) in [5, 5.41) is 3.15. The molecule has 0 aliphatic rings. The van der Waals surface area contributed by atoms with E-state index in [0.717, 1.165) is 16.9 Å². The van der Waals surface area contributed by atoms with Crippen LogP contribution < -0.4 is 5.32 Å². The van der Waals surface area contributed by atoms with Gasteiger partial charge in [-0.05, 0) is 49.4 Å². The zero-order valence-corrected chi connectivity index (χ0v) is 16.9. The largest absolute Gasteiger partial charge is 0.353 e. The van der Waals surface area contributed by atoms with Gasteiger partial charge >= 0.3 is 0 Å². The first-order valence-corrected chi connectivity index (χ1v) is 9.66. The van der Waals surface area contributed by atoms with Gasteiger partial charge in [-0.3, -0.25) is 4.79 Å². The maximum Gasteiger partial charge on any atom is 0.221 e. The van der Waals surface area contributed by atoms with Crippen LogP contribution in [0.25, 0.3) is 5.65 Å². The van der Waals surface area contributed by atoms with Crippen molar-refractivity contribution in [1.82, 2.24) is 14.7 Å². The smallest absolute Gasteiger partial charge is 0.221 e. The lowest BCUT2D eigenvalue weighted by Gasteiger charge is -2.22. The molecule has 142 valence electrons. The number of hydrogen-bond acceptors (Lipinski definition) is 2. The molecule has 2 unspecified atom stereocenters. The fourth-order valence-corrected chi connectivity index (χ4v) is 3.44. The molecule has 2 atom stereocenters. The Morgan fingerprint density at radius 2 is 1.78 bits per heavy atom. The summed E-state index contributed by atoms with van der Waals surface area (Å²) in [7, 11) is 0. The van der Waals surface area contributed by atoms with Crippen LogP contribution in [0.1, 0.15) is 55.5 Å². The fraction of sp³-hybridized carbons (Fsp3) is 0.391. The van der Waals surface area contributed by atoms with Crippen LogP contribution >= 0.6 is 0 Å². The van der Waals surface area contributed by atoms with Gasteiger partial charge in [0.05, 0.1) is 5.69 Å². The summed E-state index contributed by atoms with van der Waals surface area (Å²) in [6.07, 6.45) is 4.35. The lowest BCUT2D eigenvalue weighted by Crippen LogP contribution is -2.37. The number of amides is 1. The van der Waals surface area contributed by atoms with Crippen LogP contribution in [-0.2, 0) is 4.79 Å². The highest BCUT2D eigenvalue weighted by Gasteiger charge is 2.24. The maximum atomic E-state index is 12.8. The van der Waals surface area contributed by atoms with Gasteiger partial charge in [-0.1, -0.05) is 44.2 Å². The van der Waals surface area contributed by atoms with E-state index in [2.05, 4.69) is 67.5 Å². The van der Waals surface area contributed by atoms with Crippen molar-refractivity contribution >= 4 is 11.6 Å². The van der Waals surface area contributed by atoms with Crippen molar-refractivity contribution < 1.29 is 4.79 Å². The Bertz CT molecular complexity index is 942. The molecule has 27 heavy (non-hydrogen) atoms. The van der Waals surface area contributed by atoms with Crippen LogP contribution in [0, 0.1) is 19.8 Å². The van der Waals surface area contributed by atoms with E-state index in [-0.39, 0.29) is 17.9 Å². The van der Waals surface area contributed by atoms with E-state index in [4.69, 9.17) is 0 Å². The Kier molecular flexibility index (Phi) is 5.64. The number of hydrogen-bond donors (Lipinski definition) is 1. The molecule has 0 saturated heterocycles. The average Bonchev–Trinajstić information content (AvgIpc) is 3.05. The molecule has 3 rings (SSSR count). The molecular formula is C23H29N3O. The quantitative estimate of drug-likeness (QED) is 0.694. The monoisotopic (exact) mass is 363 g/mol. The third-order valence-electron chi connectivity index (χ3n) is 5.46. The van der Waals surface area contributed by atoms with Gasteiger partial charge in [0.15, 0.2) is 0 Å². The van der Waals surface area contributed by atoms with Crippen molar-refractivity contribution in [3.63, 3.8) is 0 Å². The second-order valence-corrected chi connectivity index (χ2v) is 7.78. The number of benzene rings is 1. The number of rotatable bonds is 6. The summed E-state index contributed by atoms with van der Waals surface area (Å²) >= 11 is 0. The normalized spacial score (nSPS) is 13.7. The number of carbonyl (C=O) groups is 1. The lowest BCUT2D eigenvalue weighted by molar-refractivity contribution is -0.122. The fourth-order valence-electron chi connectivity index (χ4n) is 3.44. The van der Waals surface area contributed by atoms with Gasteiger partial charge in [-0.25, -0.2) is 4.98 Å². The second kappa shape index (κ2) is 7.95. The molecule has 2 heterocycles. The Balaban J connectivity index is 2.01. The van der Waals surface area contributed by atoms with Gasteiger partial charge in [0.1, 0.15) is 5.65 Å². The van der Waals surface area contributed by atoms with Crippen LogP contribution in [0.15, 0.2) is 48.8 Å². The average molecular weight is 364 g/mol. The van der Waals surface area contributed by atoms with Crippen LogP contribution in [-0.4, -0.2) is 21.3 Å². The van der Waals surface area contributed by atoms with Gasteiger partial charge in [0.2, 0.25) is 5.91 Å². The van der Waals surface area contributed by atoms with Crippen molar-refractivity contribution in [2.24, 2.45) is 5.92 Å². The number of nitrogens with one attached hydrogen (secondary N) is 1. The maximum absolute atomic E-state index is 12.8. The van der Waals surface area contributed by atoms with E-state index in [0.29, 0.717) is 12.3 Å². The highest BCUT2D eigenvalue weighted by Crippen LogP contribution is 2.31. The number of fused-ring (bicyclic) bond motifs is 1. The summed E-state index contributed by atoms with van der Waals surface area (Å²) in [5.74, 6) is 0.443. The highest BCUT2D eigenvalue weighted by atomic mass is 16.1. The molecule has 1 N–H and O–H groups in total. The zero-order valence-electron chi connectivity index (χ0n) is 16.9. The zero-order chi connectivity index (χ0) is 19.6. The van der Waals surface area contributed by atoms with Gasteiger partial charge in [0, 0.05) is 30.8 Å². The minimum absolute atomic E-state index is 0.0395. The standard InChI is InChI=1S/C23H29N3O/c1-15(2)18(5)25-22(27)13-20(19-11-7-6-9-16(19)3)21-14-24-23-17(4)10-8-12-26(21)23/h6-12,14-15,18,20H,13H2,1-5H3,(H,25,27). The molecule has 1 amide bonds. The molecule has 2 aromatic heterocycles. The van der Waals surface area contributed by atoms with E-state index in [1.807, 2.05) is 30.6 Å². The first-order valence-electron chi connectivity index (χ1n) is 9.66. The summed E-state index contributed by atoms with van der Waals surface area (Å²) in [5.41, 5.74) is 5.49. The minimum Gasteiger partial charge on any atom is -0.353 e. The lowest BCUT2D eigenvalue weighted by atomic mass is 9.89. The van der Waals surface area contributed by atoms with Gasteiger partial charge in [-0.15, -0.1) is 0 Å². The van der Waals surface area contributed by atoms with Gasteiger partial charge in [-0.2, -0.15) is 0 Å². The third-order valence-corrected chi connectivity index (χ3v) is 5.46. The van der Waals surface area contributed by atoms with E-state index < -0.39 is 0 Å². The van der Waals surface area contributed by atoms with Crippen molar-refractivity contribution in [3.8, 4) is 0 Å². The van der Waals surface area contributed by atoms with E-state index in [1.54, 1.807) is 0 Å². The Morgan fingerprint density at radius 1 is 1.07 bits per heavy atom. The number of pyridine rings is 1. The van der Waals surface area contributed by atoms with Gasteiger partial charge in [0.25, 0.3) is 0 Å². The SMILES string of the molecule is Cc1ccccc1C(CC(=O)NC(C)C(C)C)c1cnc2c(C)cccn12. The third kappa shape index (κ3) is 4.05. The summed E-state index contributed by atoms with van der Waals surface area (Å²) < 4.78 is 2.12. The van der Waals surface area contributed by atoms with Crippen LogP contribution in [0.3, 0.4) is 0 Å². The first kappa shape index (κ1) is 19.2. The van der Waals surface area contributed by atoms with E-state index in [9.17, 15) is 4.79 Å². The summed E-state index contributed by atoms with van der Waals surface area (Å²) in [6, 6.07) is 12.5. The molecule has 0 aliphatic heterocycles. The van der Waals surface area contributed by atoms with Crippen molar-refractivity contribution in [1.29, 1.82) is 0 Å².